The molecule has 1 saturated heterocycles. The lowest BCUT2D eigenvalue weighted by atomic mass is 10.1. The first kappa shape index (κ1) is 16.3. The summed E-state index contributed by atoms with van der Waals surface area (Å²) in [5.41, 5.74) is 0. The molecule has 1 fully saturated rings. The van der Waals surface area contributed by atoms with Crippen molar-refractivity contribution in [1.29, 1.82) is 0 Å². The molecule has 0 radical (unpaired) electrons. The standard InChI is InChI=1S/C16H25NO3S/c1-12(2)9-17-10-15(11-17)20-14-6-5-7-16(8-14)21(18,19)13(3)4/h5-8,12-13,15H,9-11H2,1-4H3. The topological polar surface area (TPSA) is 46.6 Å². The van der Waals surface area contributed by atoms with Gasteiger partial charge in [0.1, 0.15) is 11.9 Å². The van der Waals surface area contributed by atoms with E-state index in [0.29, 0.717) is 16.6 Å². The fraction of sp³-hybridized carbons (Fsp3) is 0.625. The van der Waals surface area contributed by atoms with E-state index in [4.69, 9.17) is 4.74 Å². The van der Waals surface area contributed by atoms with Crippen LogP contribution < -0.4 is 4.74 Å². The van der Waals surface area contributed by atoms with Gasteiger partial charge in [-0.3, -0.25) is 4.90 Å². The van der Waals surface area contributed by atoms with Crippen molar-refractivity contribution < 1.29 is 13.2 Å². The molecule has 0 spiro atoms. The van der Waals surface area contributed by atoms with Crippen LogP contribution >= 0.6 is 0 Å². The number of nitrogens with zero attached hydrogens (tertiary/aromatic N) is 1. The second-order valence-corrected chi connectivity index (χ2v) is 8.93. The first-order valence-corrected chi connectivity index (χ1v) is 9.06. The van der Waals surface area contributed by atoms with Crippen LogP contribution in [0.25, 0.3) is 0 Å². The van der Waals surface area contributed by atoms with E-state index in [9.17, 15) is 8.42 Å². The Morgan fingerprint density at radius 3 is 2.48 bits per heavy atom. The second kappa shape index (κ2) is 6.36. The smallest absolute Gasteiger partial charge is 0.180 e. The Morgan fingerprint density at radius 1 is 1.24 bits per heavy atom. The lowest BCUT2D eigenvalue weighted by molar-refractivity contribution is 0.0130. The molecule has 118 valence electrons. The molecular weight excluding hydrogens is 286 g/mol. The van der Waals surface area contributed by atoms with E-state index >= 15 is 0 Å². The Balaban J connectivity index is 1.98. The molecule has 1 aliphatic rings. The van der Waals surface area contributed by atoms with Gasteiger partial charge in [-0.05, 0) is 38.0 Å². The number of hydrogen-bond acceptors (Lipinski definition) is 4. The Kier molecular flexibility index (Phi) is 4.94. The highest BCUT2D eigenvalue weighted by molar-refractivity contribution is 7.92. The Morgan fingerprint density at radius 2 is 1.90 bits per heavy atom. The SMILES string of the molecule is CC(C)CN1CC(Oc2cccc(S(=O)(=O)C(C)C)c2)C1. The van der Waals surface area contributed by atoms with Gasteiger partial charge < -0.3 is 4.74 Å². The van der Waals surface area contributed by atoms with Gasteiger partial charge in [0, 0.05) is 19.6 Å². The van der Waals surface area contributed by atoms with E-state index in [1.807, 2.05) is 6.07 Å². The van der Waals surface area contributed by atoms with Gasteiger partial charge in [-0.25, -0.2) is 8.42 Å². The minimum atomic E-state index is -3.24. The van der Waals surface area contributed by atoms with E-state index in [1.165, 1.54) is 0 Å². The van der Waals surface area contributed by atoms with E-state index in [0.717, 1.165) is 19.6 Å². The molecule has 0 saturated carbocycles. The highest BCUT2D eigenvalue weighted by Crippen LogP contribution is 2.24. The predicted molar refractivity (Wildman–Crippen MR) is 84.5 cm³/mol. The van der Waals surface area contributed by atoms with Crippen LogP contribution in [0.15, 0.2) is 29.2 Å². The molecular formula is C16H25NO3S. The fourth-order valence-electron chi connectivity index (χ4n) is 2.45. The zero-order valence-electron chi connectivity index (χ0n) is 13.2. The van der Waals surface area contributed by atoms with Crippen LogP contribution in [0.5, 0.6) is 5.75 Å². The molecule has 0 unspecified atom stereocenters. The van der Waals surface area contributed by atoms with E-state index < -0.39 is 15.1 Å². The molecule has 0 aliphatic carbocycles. The maximum absolute atomic E-state index is 12.2. The summed E-state index contributed by atoms with van der Waals surface area (Å²) < 4.78 is 30.2. The van der Waals surface area contributed by atoms with Crippen LogP contribution in [-0.2, 0) is 9.84 Å². The van der Waals surface area contributed by atoms with Gasteiger partial charge in [0.25, 0.3) is 0 Å². The molecule has 5 heteroatoms. The number of hydrogen-bond donors (Lipinski definition) is 0. The summed E-state index contributed by atoms with van der Waals surface area (Å²) >= 11 is 0. The largest absolute Gasteiger partial charge is 0.488 e. The predicted octanol–water partition coefficient (Wildman–Crippen LogP) is 2.59. The van der Waals surface area contributed by atoms with Crippen LogP contribution in [0, 0.1) is 5.92 Å². The summed E-state index contributed by atoms with van der Waals surface area (Å²) in [6.07, 6.45) is 0.167. The van der Waals surface area contributed by atoms with Crippen LogP contribution in [-0.4, -0.2) is 44.3 Å². The molecule has 1 heterocycles. The third-order valence-corrected chi connectivity index (χ3v) is 5.76. The molecule has 0 aromatic heterocycles. The van der Waals surface area contributed by atoms with Crippen molar-refractivity contribution in [1.82, 2.24) is 4.90 Å². The van der Waals surface area contributed by atoms with Crippen molar-refractivity contribution in [2.45, 2.75) is 43.9 Å². The van der Waals surface area contributed by atoms with Gasteiger partial charge in [-0.2, -0.15) is 0 Å². The van der Waals surface area contributed by atoms with E-state index in [2.05, 4.69) is 18.7 Å². The maximum atomic E-state index is 12.2. The third kappa shape index (κ3) is 3.98. The van der Waals surface area contributed by atoms with Crippen molar-refractivity contribution in [2.75, 3.05) is 19.6 Å². The number of likely N-dealkylation sites (tertiary alicyclic amines) is 1. The summed E-state index contributed by atoms with van der Waals surface area (Å²) in [6, 6.07) is 6.84. The average molecular weight is 311 g/mol. The maximum Gasteiger partial charge on any atom is 0.180 e. The molecule has 0 amide bonds. The number of sulfone groups is 1. The Hall–Kier alpha value is -1.07. The summed E-state index contributed by atoms with van der Waals surface area (Å²) in [4.78, 5) is 2.69. The Labute approximate surface area is 128 Å². The van der Waals surface area contributed by atoms with Crippen molar-refractivity contribution in [3.05, 3.63) is 24.3 Å². The van der Waals surface area contributed by atoms with Crippen molar-refractivity contribution in [3.8, 4) is 5.75 Å². The number of benzene rings is 1. The molecule has 0 bridgehead atoms. The van der Waals surface area contributed by atoms with Crippen LogP contribution in [0.3, 0.4) is 0 Å². The monoisotopic (exact) mass is 311 g/mol. The van der Waals surface area contributed by atoms with Gasteiger partial charge in [-0.1, -0.05) is 19.9 Å². The number of rotatable bonds is 6. The van der Waals surface area contributed by atoms with Gasteiger partial charge in [0.05, 0.1) is 10.1 Å². The summed E-state index contributed by atoms with van der Waals surface area (Å²) in [7, 11) is -3.24. The van der Waals surface area contributed by atoms with Gasteiger partial charge >= 0.3 is 0 Å². The van der Waals surface area contributed by atoms with Crippen LogP contribution in [0.2, 0.25) is 0 Å². The van der Waals surface area contributed by atoms with E-state index in [1.54, 1.807) is 32.0 Å². The zero-order chi connectivity index (χ0) is 15.6. The van der Waals surface area contributed by atoms with Gasteiger partial charge in [-0.15, -0.1) is 0 Å². The highest BCUT2D eigenvalue weighted by atomic mass is 32.2. The van der Waals surface area contributed by atoms with Crippen molar-refractivity contribution in [2.24, 2.45) is 5.92 Å². The van der Waals surface area contributed by atoms with Crippen molar-refractivity contribution in [3.63, 3.8) is 0 Å². The molecule has 0 atom stereocenters. The molecule has 1 aromatic rings. The van der Waals surface area contributed by atoms with Gasteiger partial charge in [0.15, 0.2) is 9.84 Å². The molecule has 1 aliphatic heterocycles. The third-order valence-electron chi connectivity index (χ3n) is 3.60. The number of ether oxygens (including phenoxy) is 1. The molecule has 4 nitrogen and oxygen atoms in total. The second-order valence-electron chi connectivity index (χ2n) is 6.42. The average Bonchev–Trinajstić information content (AvgIpc) is 2.36. The summed E-state index contributed by atoms with van der Waals surface area (Å²) in [6.45, 7) is 10.7. The first-order valence-electron chi connectivity index (χ1n) is 7.52. The van der Waals surface area contributed by atoms with Crippen LogP contribution in [0.4, 0.5) is 0 Å². The normalized spacial score (nSPS) is 17.2. The Bertz CT molecular complexity index is 575. The lowest BCUT2D eigenvalue weighted by Gasteiger charge is -2.39. The molecule has 21 heavy (non-hydrogen) atoms. The van der Waals surface area contributed by atoms with Gasteiger partial charge in [0.2, 0.25) is 0 Å². The first-order chi connectivity index (χ1) is 9.79. The van der Waals surface area contributed by atoms with Crippen LogP contribution in [0.1, 0.15) is 27.7 Å². The molecule has 2 rings (SSSR count). The minimum absolute atomic E-state index is 0.167. The van der Waals surface area contributed by atoms with E-state index in [-0.39, 0.29) is 6.10 Å². The highest BCUT2D eigenvalue weighted by Gasteiger charge is 2.29. The summed E-state index contributed by atoms with van der Waals surface area (Å²) in [5, 5.41) is -0.419. The lowest BCUT2D eigenvalue weighted by Crippen LogP contribution is -2.54. The quantitative estimate of drug-likeness (QED) is 0.810. The summed E-state index contributed by atoms with van der Waals surface area (Å²) in [5.74, 6) is 1.30. The van der Waals surface area contributed by atoms with Crippen molar-refractivity contribution >= 4 is 9.84 Å². The molecule has 1 aromatic carbocycles. The fourth-order valence-corrected chi connectivity index (χ4v) is 3.54. The minimum Gasteiger partial charge on any atom is -0.488 e. The zero-order valence-corrected chi connectivity index (χ0v) is 14.1. The molecule has 0 N–H and O–H groups in total.